The van der Waals surface area contributed by atoms with E-state index < -0.39 is 5.97 Å². The number of carboxylic acid groups (broad SMARTS) is 1. The number of carboxylic acids is 1. The molecule has 104 valence electrons. The summed E-state index contributed by atoms with van der Waals surface area (Å²) in [6.07, 6.45) is 2.64. The van der Waals surface area contributed by atoms with Crippen LogP contribution in [0.2, 0.25) is 0 Å². The van der Waals surface area contributed by atoms with Gasteiger partial charge in [-0.25, -0.2) is 14.8 Å². The number of aromatic nitrogens is 2. The summed E-state index contributed by atoms with van der Waals surface area (Å²) < 4.78 is 11.9. The molecule has 0 saturated heterocycles. The monoisotopic (exact) mass is 402 g/mol. The summed E-state index contributed by atoms with van der Waals surface area (Å²) in [6, 6.07) is 3.33. The van der Waals surface area contributed by atoms with E-state index in [0.29, 0.717) is 20.4 Å². The molecule has 0 bridgehead atoms. The van der Waals surface area contributed by atoms with Gasteiger partial charge in [-0.05, 0) is 44.0 Å². The van der Waals surface area contributed by atoms with Gasteiger partial charge in [0.1, 0.15) is 11.5 Å². The third-order valence-electron chi connectivity index (χ3n) is 2.28. The summed E-state index contributed by atoms with van der Waals surface area (Å²) in [7, 11) is 1.54. The van der Waals surface area contributed by atoms with Crippen LogP contribution < -0.4 is 9.47 Å². The Morgan fingerprint density at radius 3 is 2.40 bits per heavy atom. The first-order valence-corrected chi connectivity index (χ1v) is 6.86. The van der Waals surface area contributed by atoms with Gasteiger partial charge in [-0.2, -0.15) is 0 Å². The molecule has 1 N–H and O–H groups in total. The molecule has 1 aromatic heterocycles. The van der Waals surface area contributed by atoms with Gasteiger partial charge in [-0.15, -0.1) is 0 Å². The second kappa shape index (κ2) is 6.19. The van der Waals surface area contributed by atoms with Crippen molar-refractivity contribution >= 4 is 37.8 Å². The van der Waals surface area contributed by atoms with Gasteiger partial charge in [-0.3, -0.25) is 0 Å². The lowest BCUT2D eigenvalue weighted by atomic mass is 10.3. The van der Waals surface area contributed by atoms with E-state index in [0.717, 1.165) is 0 Å². The van der Waals surface area contributed by atoms with Crippen molar-refractivity contribution in [3.63, 3.8) is 0 Å². The Morgan fingerprint density at radius 1 is 1.15 bits per heavy atom. The summed E-state index contributed by atoms with van der Waals surface area (Å²) in [5.74, 6) is -0.294. The fourth-order valence-corrected chi connectivity index (χ4v) is 2.28. The highest BCUT2D eigenvalue weighted by Crippen LogP contribution is 2.38. The molecule has 0 radical (unpaired) electrons. The van der Waals surface area contributed by atoms with Crippen molar-refractivity contribution in [3.05, 3.63) is 39.2 Å². The summed E-state index contributed by atoms with van der Waals surface area (Å²) in [5.41, 5.74) is -0.258. The highest BCUT2D eigenvalue weighted by atomic mass is 79.9. The highest BCUT2D eigenvalue weighted by Gasteiger charge is 2.17. The van der Waals surface area contributed by atoms with Crippen LogP contribution in [0.3, 0.4) is 0 Å². The lowest BCUT2D eigenvalue weighted by Gasteiger charge is -2.11. The van der Waals surface area contributed by atoms with Crippen LogP contribution >= 0.6 is 31.9 Å². The van der Waals surface area contributed by atoms with Crippen LogP contribution in [0.15, 0.2) is 33.5 Å². The van der Waals surface area contributed by atoms with Gasteiger partial charge in [0.05, 0.1) is 16.1 Å². The quantitative estimate of drug-likeness (QED) is 0.841. The van der Waals surface area contributed by atoms with Gasteiger partial charge in [0.2, 0.25) is 5.69 Å². The fraction of sp³-hybridized carbons (Fsp3) is 0.0833. The van der Waals surface area contributed by atoms with Crippen molar-refractivity contribution in [1.29, 1.82) is 0 Å². The SMILES string of the molecule is COc1cc(Br)c(Oc2nccnc2C(=O)O)cc1Br. The van der Waals surface area contributed by atoms with Crippen molar-refractivity contribution in [2.75, 3.05) is 7.11 Å². The van der Waals surface area contributed by atoms with E-state index >= 15 is 0 Å². The molecule has 20 heavy (non-hydrogen) atoms. The van der Waals surface area contributed by atoms with Gasteiger partial charge >= 0.3 is 5.97 Å². The number of benzene rings is 1. The summed E-state index contributed by atoms with van der Waals surface area (Å²) >= 11 is 6.64. The van der Waals surface area contributed by atoms with Crippen molar-refractivity contribution in [1.82, 2.24) is 9.97 Å². The Bertz CT molecular complexity index is 664. The number of nitrogens with zero attached hydrogens (tertiary/aromatic N) is 2. The highest BCUT2D eigenvalue weighted by molar-refractivity contribution is 9.11. The molecule has 0 aliphatic rings. The molecule has 1 aromatic carbocycles. The van der Waals surface area contributed by atoms with E-state index in [9.17, 15) is 4.79 Å². The molecule has 0 fully saturated rings. The number of aromatic carboxylic acids is 1. The molecule has 0 amide bonds. The predicted octanol–water partition coefficient (Wildman–Crippen LogP) is 3.50. The lowest BCUT2D eigenvalue weighted by Crippen LogP contribution is -2.04. The van der Waals surface area contributed by atoms with E-state index in [1.54, 1.807) is 12.1 Å². The molecular formula is C12H8Br2N2O4. The van der Waals surface area contributed by atoms with Crippen LogP contribution in [0, 0.1) is 0 Å². The van der Waals surface area contributed by atoms with Crippen molar-refractivity contribution in [3.8, 4) is 17.4 Å². The number of halogens is 2. The molecular weight excluding hydrogens is 396 g/mol. The smallest absolute Gasteiger partial charge is 0.360 e. The first-order valence-electron chi connectivity index (χ1n) is 5.28. The number of carbonyl (C=O) groups is 1. The van der Waals surface area contributed by atoms with Gasteiger partial charge in [0, 0.05) is 12.4 Å². The second-order valence-electron chi connectivity index (χ2n) is 3.53. The molecule has 2 rings (SSSR count). The normalized spacial score (nSPS) is 10.2. The molecule has 2 aromatic rings. The molecule has 6 nitrogen and oxygen atoms in total. The van der Waals surface area contributed by atoms with Gasteiger partial charge in [-0.1, -0.05) is 0 Å². The third-order valence-corrected chi connectivity index (χ3v) is 3.52. The van der Waals surface area contributed by atoms with Crippen LogP contribution in [-0.4, -0.2) is 28.2 Å². The average molecular weight is 404 g/mol. The Labute approximate surface area is 131 Å². The van der Waals surface area contributed by atoms with E-state index in [2.05, 4.69) is 41.8 Å². The zero-order valence-electron chi connectivity index (χ0n) is 10.1. The summed E-state index contributed by atoms with van der Waals surface area (Å²) in [6.45, 7) is 0. The molecule has 0 aliphatic carbocycles. The number of methoxy groups -OCH3 is 1. The Balaban J connectivity index is 2.40. The molecule has 0 aliphatic heterocycles. The number of hydrogen-bond acceptors (Lipinski definition) is 5. The Hall–Kier alpha value is -1.67. The predicted molar refractivity (Wildman–Crippen MR) is 77.5 cm³/mol. The Kier molecular flexibility index (Phi) is 4.56. The Morgan fingerprint density at radius 2 is 1.75 bits per heavy atom. The van der Waals surface area contributed by atoms with E-state index in [4.69, 9.17) is 14.6 Å². The summed E-state index contributed by atoms with van der Waals surface area (Å²) in [5, 5.41) is 9.03. The van der Waals surface area contributed by atoms with Crippen molar-refractivity contribution < 1.29 is 19.4 Å². The maximum absolute atomic E-state index is 11.0. The van der Waals surface area contributed by atoms with Gasteiger partial charge in [0.25, 0.3) is 5.88 Å². The van der Waals surface area contributed by atoms with Crippen LogP contribution in [-0.2, 0) is 0 Å². The first kappa shape index (κ1) is 14.7. The molecule has 8 heteroatoms. The summed E-state index contributed by atoms with van der Waals surface area (Å²) in [4.78, 5) is 18.6. The molecule has 1 heterocycles. The van der Waals surface area contributed by atoms with Crippen molar-refractivity contribution in [2.24, 2.45) is 0 Å². The zero-order valence-corrected chi connectivity index (χ0v) is 13.3. The topological polar surface area (TPSA) is 81.5 Å². The zero-order chi connectivity index (χ0) is 14.7. The van der Waals surface area contributed by atoms with Crippen molar-refractivity contribution in [2.45, 2.75) is 0 Å². The van der Waals surface area contributed by atoms with Crippen LogP contribution in [0.1, 0.15) is 10.5 Å². The minimum Gasteiger partial charge on any atom is -0.496 e. The third kappa shape index (κ3) is 3.07. The maximum atomic E-state index is 11.0. The van der Waals surface area contributed by atoms with Gasteiger partial charge < -0.3 is 14.6 Å². The second-order valence-corrected chi connectivity index (χ2v) is 5.24. The van der Waals surface area contributed by atoms with E-state index in [1.807, 2.05) is 0 Å². The largest absolute Gasteiger partial charge is 0.496 e. The minimum absolute atomic E-state index is 0.0854. The van der Waals surface area contributed by atoms with E-state index in [1.165, 1.54) is 19.5 Å². The fourth-order valence-electron chi connectivity index (χ4n) is 1.40. The number of ether oxygens (including phenoxy) is 2. The van der Waals surface area contributed by atoms with Gasteiger partial charge in [0.15, 0.2) is 0 Å². The average Bonchev–Trinajstić information content (AvgIpc) is 2.42. The molecule has 0 spiro atoms. The number of hydrogen-bond donors (Lipinski definition) is 1. The lowest BCUT2D eigenvalue weighted by molar-refractivity contribution is 0.0686. The van der Waals surface area contributed by atoms with Crippen LogP contribution in [0.4, 0.5) is 0 Å². The molecule has 0 atom stereocenters. The van der Waals surface area contributed by atoms with Crippen LogP contribution in [0.5, 0.6) is 17.4 Å². The van der Waals surface area contributed by atoms with E-state index in [-0.39, 0.29) is 11.6 Å². The molecule has 0 saturated carbocycles. The first-order chi connectivity index (χ1) is 9.52. The van der Waals surface area contributed by atoms with Crippen LogP contribution in [0.25, 0.3) is 0 Å². The standard InChI is InChI=1S/C12H8Br2N2O4/c1-19-8-4-7(14)9(5-6(8)13)20-11-10(12(17)18)15-2-3-16-11/h2-5H,1H3,(H,17,18). The molecule has 0 unspecified atom stereocenters. The maximum Gasteiger partial charge on any atom is 0.360 e. The number of rotatable bonds is 4. The minimum atomic E-state index is -1.21.